The Morgan fingerprint density at radius 3 is 2.81 bits per heavy atom. The third kappa shape index (κ3) is 4.03. The van der Waals surface area contributed by atoms with Crippen LogP contribution in [0.4, 0.5) is 5.69 Å². The number of anilines is 1. The maximum absolute atomic E-state index is 12.7. The van der Waals surface area contributed by atoms with E-state index in [9.17, 15) is 9.90 Å². The molecule has 0 saturated carbocycles. The number of amides is 1. The fourth-order valence-corrected chi connectivity index (χ4v) is 2.83. The van der Waals surface area contributed by atoms with Crippen molar-refractivity contribution in [2.45, 2.75) is 25.0 Å². The predicted molar refractivity (Wildman–Crippen MR) is 82.3 cm³/mol. The van der Waals surface area contributed by atoms with E-state index in [4.69, 9.17) is 4.74 Å². The smallest absolute Gasteiger partial charge is 0.244 e. The largest absolute Gasteiger partial charge is 0.389 e. The fraction of sp³-hybridized carbons (Fsp3) is 0.562. The fourth-order valence-electron chi connectivity index (χ4n) is 2.83. The van der Waals surface area contributed by atoms with Crippen LogP contribution in [0, 0.1) is 0 Å². The lowest BCUT2D eigenvalue weighted by molar-refractivity contribution is -0.125. The number of aliphatic hydroxyl groups excluding tert-OH is 1. The first-order chi connectivity index (χ1) is 10.1. The van der Waals surface area contributed by atoms with E-state index in [1.54, 1.807) is 7.11 Å². The van der Waals surface area contributed by atoms with E-state index in [0.717, 1.165) is 25.1 Å². The highest BCUT2D eigenvalue weighted by Gasteiger charge is 2.32. The zero-order chi connectivity index (χ0) is 15.2. The van der Waals surface area contributed by atoms with Gasteiger partial charge < -0.3 is 14.7 Å². The zero-order valence-electron chi connectivity index (χ0n) is 12.7. The topological polar surface area (TPSA) is 53.0 Å². The third-order valence-electron chi connectivity index (χ3n) is 3.87. The Morgan fingerprint density at radius 1 is 1.43 bits per heavy atom. The van der Waals surface area contributed by atoms with Gasteiger partial charge in [-0.1, -0.05) is 18.2 Å². The molecule has 1 fully saturated rings. The summed E-state index contributed by atoms with van der Waals surface area (Å²) in [5.41, 5.74) is 0.943. The second-order valence-corrected chi connectivity index (χ2v) is 5.53. The van der Waals surface area contributed by atoms with Crippen LogP contribution in [-0.4, -0.2) is 61.9 Å². The Bertz CT molecular complexity index is 452. The number of nitrogens with zero attached hydrogens (tertiary/aromatic N) is 2. The standard InChI is InChI=1S/C16H24N2O3/c1-17(11-14(19)12-21-2)15-9-6-10-18(16(15)20)13-7-4-3-5-8-13/h3-5,7-8,14-15,19H,6,9-12H2,1-2H3/t14-,15-/m1/s1. The van der Waals surface area contributed by atoms with E-state index >= 15 is 0 Å². The van der Waals surface area contributed by atoms with Crippen LogP contribution in [0.15, 0.2) is 30.3 Å². The molecule has 0 aliphatic carbocycles. The van der Waals surface area contributed by atoms with E-state index in [0.29, 0.717) is 6.54 Å². The molecule has 0 unspecified atom stereocenters. The van der Waals surface area contributed by atoms with Crippen LogP contribution in [0.25, 0.3) is 0 Å². The number of rotatable bonds is 6. The van der Waals surface area contributed by atoms with Crippen molar-refractivity contribution in [3.8, 4) is 0 Å². The molecule has 1 aromatic carbocycles. The first-order valence-corrected chi connectivity index (χ1v) is 7.37. The Balaban J connectivity index is 2.02. The van der Waals surface area contributed by atoms with E-state index in [1.165, 1.54) is 0 Å². The molecule has 5 heteroatoms. The number of carbonyl (C=O) groups is 1. The van der Waals surface area contributed by atoms with Gasteiger partial charge in [-0.25, -0.2) is 0 Å². The number of likely N-dealkylation sites (N-methyl/N-ethyl adjacent to an activating group) is 1. The van der Waals surface area contributed by atoms with Crippen molar-refractivity contribution in [2.24, 2.45) is 0 Å². The van der Waals surface area contributed by atoms with Crippen LogP contribution in [0.3, 0.4) is 0 Å². The van der Waals surface area contributed by atoms with Gasteiger partial charge in [-0.3, -0.25) is 9.69 Å². The molecule has 1 aromatic rings. The van der Waals surface area contributed by atoms with Gasteiger partial charge in [-0.05, 0) is 32.0 Å². The van der Waals surface area contributed by atoms with Crippen molar-refractivity contribution in [2.75, 3.05) is 38.8 Å². The van der Waals surface area contributed by atoms with Gasteiger partial charge >= 0.3 is 0 Å². The Hall–Kier alpha value is -1.43. The van der Waals surface area contributed by atoms with E-state index < -0.39 is 6.10 Å². The van der Waals surface area contributed by atoms with Gasteiger partial charge in [0.25, 0.3) is 0 Å². The van der Waals surface area contributed by atoms with Crippen LogP contribution in [0.2, 0.25) is 0 Å². The van der Waals surface area contributed by atoms with Gasteiger partial charge in [0, 0.05) is 25.9 Å². The maximum Gasteiger partial charge on any atom is 0.244 e. The number of ether oxygens (including phenoxy) is 1. The number of piperidine rings is 1. The van der Waals surface area contributed by atoms with Gasteiger partial charge in [0.2, 0.25) is 5.91 Å². The molecule has 2 atom stereocenters. The minimum atomic E-state index is -0.570. The molecular formula is C16H24N2O3. The molecule has 0 spiro atoms. The van der Waals surface area contributed by atoms with Crippen molar-refractivity contribution < 1.29 is 14.6 Å². The lowest BCUT2D eigenvalue weighted by Gasteiger charge is -2.37. The van der Waals surface area contributed by atoms with Crippen LogP contribution in [0.5, 0.6) is 0 Å². The number of para-hydroxylation sites is 1. The van der Waals surface area contributed by atoms with Crippen LogP contribution < -0.4 is 4.90 Å². The Morgan fingerprint density at radius 2 is 2.14 bits per heavy atom. The van der Waals surface area contributed by atoms with Gasteiger partial charge in [0.1, 0.15) is 0 Å². The molecule has 1 heterocycles. The summed E-state index contributed by atoms with van der Waals surface area (Å²) < 4.78 is 4.94. The Kier molecular flexibility index (Phi) is 5.73. The van der Waals surface area contributed by atoms with Gasteiger partial charge in [0.05, 0.1) is 18.8 Å². The van der Waals surface area contributed by atoms with Crippen molar-refractivity contribution in [1.82, 2.24) is 4.90 Å². The number of carbonyl (C=O) groups excluding carboxylic acids is 1. The number of benzene rings is 1. The highest BCUT2D eigenvalue weighted by atomic mass is 16.5. The van der Waals surface area contributed by atoms with E-state index in [2.05, 4.69) is 0 Å². The van der Waals surface area contributed by atoms with Gasteiger partial charge in [-0.2, -0.15) is 0 Å². The lowest BCUT2D eigenvalue weighted by atomic mass is 10.0. The van der Waals surface area contributed by atoms with Crippen LogP contribution >= 0.6 is 0 Å². The quantitative estimate of drug-likeness (QED) is 0.854. The van der Waals surface area contributed by atoms with Crippen molar-refractivity contribution in [3.63, 3.8) is 0 Å². The summed E-state index contributed by atoms with van der Waals surface area (Å²) in [4.78, 5) is 16.5. The number of methoxy groups -OCH3 is 1. The minimum absolute atomic E-state index is 0.111. The van der Waals surface area contributed by atoms with E-state index in [1.807, 2.05) is 47.2 Å². The second-order valence-electron chi connectivity index (χ2n) is 5.53. The molecule has 2 rings (SSSR count). The summed E-state index contributed by atoms with van der Waals surface area (Å²) in [6.45, 7) is 1.48. The predicted octanol–water partition coefficient (Wildman–Crippen LogP) is 1.12. The molecule has 21 heavy (non-hydrogen) atoms. The molecule has 1 aliphatic rings. The SMILES string of the molecule is COC[C@H](O)CN(C)[C@@H]1CCCN(c2ccccc2)C1=O. The van der Waals surface area contributed by atoms with Gasteiger partial charge in [-0.15, -0.1) is 0 Å². The summed E-state index contributed by atoms with van der Waals surface area (Å²) in [6, 6.07) is 9.57. The summed E-state index contributed by atoms with van der Waals surface area (Å²) in [7, 11) is 3.45. The summed E-state index contributed by atoms with van der Waals surface area (Å²) in [5, 5.41) is 9.83. The highest BCUT2D eigenvalue weighted by molar-refractivity contribution is 5.97. The molecule has 1 N–H and O–H groups in total. The molecule has 5 nitrogen and oxygen atoms in total. The number of hydrogen-bond donors (Lipinski definition) is 1. The zero-order valence-corrected chi connectivity index (χ0v) is 12.7. The molecule has 0 aromatic heterocycles. The Labute approximate surface area is 126 Å². The average Bonchev–Trinajstić information content (AvgIpc) is 2.48. The molecule has 0 bridgehead atoms. The second kappa shape index (κ2) is 7.54. The molecule has 1 aliphatic heterocycles. The summed E-state index contributed by atoms with van der Waals surface area (Å²) in [6.07, 6.45) is 1.23. The molecule has 0 radical (unpaired) electrons. The highest BCUT2D eigenvalue weighted by Crippen LogP contribution is 2.23. The average molecular weight is 292 g/mol. The number of aliphatic hydroxyl groups is 1. The molecular weight excluding hydrogens is 268 g/mol. The van der Waals surface area contributed by atoms with Crippen LogP contribution in [0.1, 0.15) is 12.8 Å². The van der Waals surface area contributed by atoms with Crippen molar-refractivity contribution in [3.05, 3.63) is 30.3 Å². The van der Waals surface area contributed by atoms with Gasteiger partial charge in [0.15, 0.2) is 0 Å². The maximum atomic E-state index is 12.7. The monoisotopic (exact) mass is 292 g/mol. The van der Waals surface area contributed by atoms with Crippen molar-refractivity contribution >= 4 is 11.6 Å². The van der Waals surface area contributed by atoms with Crippen molar-refractivity contribution in [1.29, 1.82) is 0 Å². The molecule has 1 saturated heterocycles. The molecule has 116 valence electrons. The number of hydrogen-bond acceptors (Lipinski definition) is 4. The summed E-state index contributed by atoms with van der Waals surface area (Å²) >= 11 is 0. The first kappa shape index (κ1) is 15.9. The normalized spacial score (nSPS) is 20.9. The minimum Gasteiger partial charge on any atom is -0.389 e. The first-order valence-electron chi connectivity index (χ1n) is 7.37. The summed E-state index contributed by atoms with van der Waals surface area (Å²) in [5.74, 6) is 0.111. The lowest BCUT2D eigenvalue weighted by Crippen LogP contribution is -2.53. The van der Waals surface area contributed by atoms with Crippen LogP contribution in [-0.2, 0) is 9.53 Å². The molecule has 1 amide bonds. The van der Waals surface area contributed by atoms with E-state index in [-0.39, 0.29) is 18.6 Å². The third-order valence-corrected chi connectivity index (χ3v) is 3.87.